The Morgan fingerprint density at radius 1 is 1.25 bits per heavy atom. The predicted octanol–water partition coefficient (Wildman–Crippen LogP) is 2.49. The van der Waals surface area contributed by atoms with Crippen LogP contribution in [-0.4, -0.2) is 18.9 Å². The zero-order valence-corrected chi connectivity index (χ0v) is 10.0. The van der Waals surface area contributed by atoms with Gasteiger partial charge in [-0.2, -0.15) is 0 Å². The van der Waals surface area contributed by atoms with E-state index in [1.54, 1.807) is 0 Å². The van der Waals surface area contributed by atoms with Crippen LogP contribution in [0.15, 0.2) is 18.2 Å². The van der Waals surface area contributed by atoms with Crippen molar-refractivity contribution >= 4 is 5.78 Å². The summed E-state index contributed by atoms with van der Waals surface area (Å²) in [6, 6.07) is 6.01. The van der Waals surface area contributed by atoms with E-state index in [0.29, 0.717) is 5.78 Å². The van der Waals surface area contributed by atoms with Gasteiger partial charge >= 0.3 is 0 Å². The van der Waals surface area contributed by atoms with Crippen LogP contribution in [0.4, 0.5) is 0 Å². The number of rotatable bonds is 2. The quantitative estimate of drug-likeness (QED) is 0.771. The van der Waals surface area contributed by atoms with Gasteiger partial charge in [-0.25, -0.2) is 0 Å². The number of piperidine rings is 1. The lowest BCUT2D eigenvalue weighted by Gasteiger charge is -2.22. The fraction of sp³-hybridized carbons (Fsp3) is 0.500. The van der Waals surface area contributed by atoms with Crippen molar-refractivity contribution in [2.24, 2.45) is 5.92 Å². The van der Waals surface area contributed by atoms with E-state index in [1.807, 2.05) is 19.1 Å². The van der Waals surface area contributed by atoms with E-state index in [-0.39, 0.29) is 5.92 Å². The van der Waals surface area contributed by atoms with Crippen LogP contribution in [0, 0.1) is 19.8 Å². The predicted molar refractivity (Wildman–Crippen MR) is 65.8 cm³/mol. The number of hydrogen-bond acceptors (Lipinski definition) is 2. The standard InChI is InChI=1S/C14H19NO/c1-10-4-3-5-13(11(10)2)14(16)12-6-8-15-9-7-12/h3-5,12,15H,6-9H2,1-2H3. The van der Waals surface area contributed by atoms with Crippen LogP contribution < -0.4 is 5.32 Å². The van der Waals surface area contributed by atoms with Gasteiger partial charge < -0.3 is 5.32 Å². The normalized spacial score (nSPS) is 17.4. The maximum atomic E-state index is 12.3. The van der Waals surface area contributed by atoms with Gasteiger partial charge in [0.1, 0.15) is 0 Å². The summed E-state index contributed by atoms with van der Waals surface area (Å²) in [7, 11) is 0. The summed E-state index contributed by atoms with van der Waals surface area (Å²) in [5.74, 6) is 0.560. The molecular weight excluding hydrogens is 198 g/mol. The number of ketones is 1. The van der Waals surface area contributed by atoms with Crippen molar-refractivity contribution in [2.45, 2.75) is 26.7 Å². The van der Waals surface area contributed by atoms with Crippen molar-refractivity contribution in [2.75, 3.05) is 13.1 Å². The molecule has 1 fully saturated rings. The van der Waals surface area contributed by atoms with Gasteiger partial charge in [-0.15, -0.1) is 0 Å². The van der Waals surface area contributed by atoms with Gasteiger partial charge in [0.05, 0.1) is 0 Å². The van der Waals surface area contributed by atoms with Crippen LogP contribution in [0.5, 0.6) is 0 Å². The van der Waals surface area contributed by atoms with E-state index in [0.717, 1.165) is 37.1 Å². The molecule has 2 heteroatoms. The highest BCUT2D eigenvalue weighted by atomic mass is 16.1. The fourth-order valence-electron chi connectivity index (χ4n) is 2.32. The summed E-state index contributed by atoms with van der Waals surface area (Å²) < 4.78 is 0. The molecule has 0 radical (unpaired) electrons. The van der Waals surface area contributed by atoms with Gasteiger partial charge in [0.2, 0.25) is 0 Å². The Morgan fingerprint density at radius 3 is 2.62 bits per heavy atom. The monoisotopic (exact) mass is 217 g/mol. The zero-order chi connectivity index (χ0) is 11.5. The van der Waals surface area contributed by atoms with Crippen molar-refractivity contribution in [1.29, 1.82) is 0 Å². The van der Waals surface area contributed by atoms with Gasteiger partial charge in [0, 0.05) is 11.5 Å². The molecule has 0 atom stereocenters. The molecular formula is C14H19NO. The lowest BCUT2D eigenvalue weighted by Crippen LogP contribution is -2.32. The number of aryl methyl sites for hydroxylation is 1. The van der Waals surface area contributed by atoms with Crippen LogP contribution in [0.3, 0.4) is 0 Å². The molecule has 0 aromatic heterocycles. The lowest BCUT2D eigenvalue weighted by atomic mass is 9.87. The van der Waals surface area contributed by atoms with Gasteiger partial charge in [0.25, 0.3) is 0 Å². The first-order valence-corrected chi connectivity index (χ1v) is 6.01. The second-order valence-electron chi connectivity index (χ2n) is 4.64. The van der Waals surface area contributed by atoms with Gasteiger partial charge in [0.15, 0.2) is 5.78 Å². The fourth-order valence-corrected chi connectivity index (χ4v) is 2.32. The molecule has 0 bridgehead atoms. The Morgan fingerprint density at radius 2 is 1.94 bits per heavy atom. The lowest BCUT2D eigenvalue weighted by molar-refractivity contribution is 0.0894. The summed E-state index contributed by atoms with van der Waals surface area (Å²) >= 11 is 0. The number of nitrogens with one attached hydrogen (secondary N) is 1. The van der Waals surface area contributed by atoms with Crippen molar-refractivity contribution in [3.05, 3.63) is 34.9 Å². The molecule has 2 nitrogen and oxygen atoms in total. The van der Waals surface area contributed by atoms with Crippen LogP contribution in [-0.2, 0) is 0 Å². The van der Waals surface area contributed by atoms with E-state index in [1.165, 1.54) is 5.56 Å². The summed E-state index contributed by atoms with van der Waals surface area (Å²) in [5.41, 5.74) is 3.28. The van der Waals surface area contributed by atoms with Gasteiger partial charge in [-0.3, -0.25) is 4.79 Å². The van der Waals surface area contributed by atoms with Crippen LogP contribution in [0.25, 0.3) is 0 Å². The van der Waals surface area contributed by atoms with E-state index < -0.39 is 0 Å². The van der Waals surface area contributed by atoms with E-state index in [2.05, 4.69) is 18.3 Å². The number of carbonyl (C=O) groups is 1. The number of hydrogen-bond donors (Lipinski definition) is 1. The Hall–Kier alpha value is -1.15. The molecule has 0 spiro atoms. The molecule has 0 saturated carbocycles. The minimum Gasteiger partial charge on any atom is -0.317 e. The zero-order valence-electron chi connectivity index (χ0n) is 10.0. The molecule has 1 aliphatic heterocycles. The average molecular weight is 217 g/mol. The van der Waals surface area contributed by atoms with Gasteiger partial charge in [-0.1, -0.05) is 18.2 Å². The van der Waals surface area contributed by atoms with Crippen LogP contribution in [0.1, 0.15) is 34.3 Å². The minimum atomic E-state index is 0.224. The summed E-state index contributed by atoms with van der Waals surface area (Å²) in [6.07, 6.45) is 1.96. The number of benzene rings is 1. The Balaban J connectivity index is 2.22. The number of carbonyl (C=O) groups excluding carboxylic acids is 1. The van der Waals surface area contributed by atoms with Crippen molar-refractivity contribution in [3.63, 3.8) is 0 Å². The van der Waals surface area contributed by atoms with E-state index in [4.69, 9.17) is 0 Å². The maximum absolute atomic E-state index is 12.3. The highest BCUT2D eigenvalue weighted by molar-refractivity contribution is 5.99. The Labute approximate surface area is 97.1 Å². The van der Waals surface area contributed by atoms with Gasteiger partial charge in [-0.05, 0) is 50.9 Å². The Kier molecular flexibility index (Phi) is 3.39. The summed E-state index contributed by atoms with van der Waals surface area (Å²) in [4.78, 5) is 12.3. The molecule has 1 aliphatic rings. The smallest absolute Gasteiger partial charge is 0.166 e. The highest BCUT2D eigenvalue weighted by Crippen LogP contribution is 2.21. The highest BCUT2D eigenvalue weighted by Gasteiger charge is 2.23. The molecule has 0 aliphatic carbocycles. The third-order valence-electron chi connectivity index (χ3n) is 3.58. The SMILES string of the molecule is Cc1cccc(C(=O)C2CCNCC2)c1C. The molecule has 1 N–H and O–H groups in total. The van der Waals surface area contributed by atoms with E-state index in [9.17, 15) is 4.79 Å². The molecule has 2 rings (SSSR count). The molecule has 1 heterocycles. The first kappa shape index (κ1) is 11.3. The average Bonchev–Trinajstić information content (AvgIpc) is 2.33. The molecule has 1 aromatic carbocycles. The van der Waals surface area contributed by atoms with Crippen molar-refractivity contribution in [1.82, 2.24) is 5.32 Å². The molecule has 0 unspecified atom stereocenters. The molecule has 86 valence electrons. The topological polar surface area (TPSA) is 29.1 Å². The van der Waals surface area contributed by atoms with Crippen LogP contribution >= 0.6 is 0 Å². The third-order valence-corrected chi connectivity index (χ3v) is 3.58. The van der Waals surface area contributed by atoms with Crippen LogP contribution in [0.2, 0.25) is 0 Å². The van der Waals surface area contributed by atoms with E-state index >= 15 is 0 Å². The molecule has 1 aromatic rings. The van der Waals surface area contributed by atoms with Crippen molar-refractivity contribution < 1.29 is 4.79 Å². The summed E-state index contributed by atoms with van der Waals surface area (Å²) in [5, 5.41) is 3.29. The first-order chi connectivity index (χ1) is 7.70. The van der Waals surface area contributed by atoms with Crippen molar-refractivity contribution in [3.8, 4) is 0 Å². The first-order valence-electron chi connectivity index (χ1n) is 6.01. The maximum Gasteiger partial charge on any atom is 0.166 e. The second kappa shape index (κ2) is 4.79. The molecule has 1 saturated heterocycles. The third kappa shape index (κ3) is 2.17. The largest absolute Gasteiger partial charge is 0.317 e. The summed E-state index contributed by atoms with van der Waals surface area (Å²) in [6.45, 7) is 6.06. The minimum absolute atomic E-state index is 0.224. The second-order valence-corrected chi connectivity index (χ2v) is 4.64. The molecule has 0 amide bonds. The number of Topliss-reactive ketones (excluding diaryl/α,β-unsaturated/α-hetero) is 1. The Bertz CT molecular complexity index is 392. The molecule has 16 heavy (non-hydrogen) atoms.